The highest BCUT2D eigenvalue weighted by Gasteiger charge is 2.45. The highest BCUT2D eigenvalue weighted by atomic mass is 32.2. The molecule has 4 rings (SSSR count). The Hall–Kier alpha value is -1.65. The minimum atomic E-state index is -1.44. The SMILES string of the molecule is COCCOc1ccc(CC2Cc3ccccc3S2)cc1C1O[C@H](CO)[C@@H](O)C(O)[C@H]1O. The Kier molecular flexibility index (Phi) is 7.73. The minimum Gasteiger partial charge on any atom is -0.491 e. The maximum atomic E-state index is 10.7. The fourth-order valence-corrected chi connectivity index (χ4v) is 5.66. The molecule has 0 bridgehead atoms. The number of aliphatic hydroxyl groups is 4. The predicted molar refractivity (Wildman–Crippen MR) is 120 cm³/mol. The Bertz CT molecular complexity index is 881. The van der Waals surface area contributed by atoms with Gasteiger partial charge in [-0.25, -0.2) is 0 Å². The van der Waals surface area contributed by atoms with E-state index in [1.54, 1.807) is 7.11 Å². The van der Waals surface area contributed by atoms with Gasteiger partial charge in [-0.15, -0.1) is 11.8 Å². The predicted octanol–water partition coefficient (Wildman–Crippen LogP) is 1.49. The zero-order chi connectivity index (χ0) is 22.7. The number of hydrogen-bond donors (Lipinski definition) is 4. The van der Waals surface area contributed by atoms with E-state index in [0.717, 1.165) is 18.4 Å². The third kappa shape index (κ3) is 4.97. The molecule has 8 heteroatoms. The number of fused-ring (bicyclic) bond motifs is 1. The number of rotatable bonds is 8. The second kappa shape index (κ2) is 10.5. The number of aliphatic hydroxyl groups excluding tert-OH is 4. The standard InChI is InChI=1S/C24H30O7S/c1-29-8-9-30-18-7-6-14(10-16-12-15-4-2-3-5-20(15)32-16)11-17(18)24-23(28)22(27)21(26)19(13-25)31-24/h2-7,11,16,19,21-28H,8-10,12-13H2,1H3/t16?,19-,21-,22?,23-,24?/m1/s1. The molecule has 0 aromatic heterocycles. The lowest BCUT2D eigenvalue weighted by Crippen LogP contribution is -2.55. The van der Waals surface area contributed by atoms with E-state index in [0.29, 0.717) is 29.8 Å². The van der Waals surface area contributed by atoms with Gasteiger partial charge >= 0.3 is 0 Å². The molecule has 2 heterocycles. The number of methoxy groups -OCH3 is 1. The summed E-state index contributed by atoms with van der Waals surface area (Å²) in [4.78, 5) is 1.31. The molecule has 0 radical (unpaired) electrons. The number of hydrogen-bond acceptors (Lipinski definition) is 8. The highest BCUT2D eigenvalue weighted by molar-refractivity contribution is 8.00. The second-order valence-corrected chi connectivity index (χ2v) is 9.56. The van der Waals surface area contributed by atoms with E-state index in [1.807, 2.05) is 30.0 Å². The van der Waals surface area contributed by atoms with Crippen LogP contribution in [0.15, 0.2) is 47.4 Å². The fourth-order valence-electron chi connectivity index (χ4n) is 4.30. The quantitative estimate of drug-likeness (QED) is 0.437. The van der Waals surface area contributed by atoms with Crippen molar-refractivity contribution in [3.63, 3.8) is 0 Å². The van der Waals surface area contributed by atoms with Gasteiger partial charge in [0.05, 0.1) is 13.2 Å². The lowest BCUT2D eigenvalue weighted by molar-refractivity contribution is -0.232. The maximum absolute atomic E-state index is 10.7. The summed E-state index contributed by atoms with van der Waals surface area (Å²) in [5, 5.41) is 41.1. The molecule has 2 aromatic rings. The summed E-state index contributed by atoms with van der Waals surface area (Å²) in [5.74, 6) is 0.512. The van der Waals surface area contributed by atoms with Crippen molar-refractivity contribution in [2.24, 2.45) is 0 Å². The molecule has 1 fully saturated rings. The zero-order valence-electron chi connectivity index (χ0n) is 18.0. The molecule has 32 heavy (non-hydrogen) atoms. The molecule has 2 aliphatic heterocycles. The molecule has 2 aliphatic rings. The van der Waals surface area contributed by atoms with E-state index < -0.39 is 37.1 Å². The molecule has 0 aliphatic carbocycles. The van der Waals surface area contributed by atoms with Crippen LogP contribution in [-0.2, 0) is 22.3 Å². The van der Waals surface area contributed by atoms with Crippen LogP contribution in [0.2, 0.25) is 0 Å². The van der Waals surface area contributed by atoms with Crippen molar-refractivity contribution in [1.82, 2.24) is 0 Å². The topological polar surface area (TPSA) is 109 Å². The highest BCUT2D eigenvalue weighted by Crippen LogP contribution is 2.41. The van der Waals surface area contributed by atoms with Crippen LogP contribution in [0.25, 0.3) is 0 Å². The third-order valence-electron chi connectivity index (χ3n) is 6.00. The van der Waals surface area contributed by atoms with Gasteiger partial charge in [0, 0.05) is 22.8 Å². The molecule has 6 atom stereocenters. The first kappa shape index (κ1) is 23.5. The molecule has 174 valence electrons. The van der Waals surface area contributed by atoms with Gasteiger partial charge in [-0.05, 0) is 42.2 Å². The molecule has 1 saturated heterocycles. The van der Waals surface area contributed by atoms with Crippen LogP contribution < -0.4 is 4.74 Å². The molecule has 0 amide bonds. The molecule has 4 N–H and O–H groups in total. The lowest BCUT2D eigenvalue weighted by Gasteiger charge is -2.40. The second-order valence-electron chi connectivity index (χ2n) is 8.22. The van der Waals surface area contributed by atoms with Crippen molar-refractivity contribution < 1.29 is 34.6 Å². The zero-order valence-corrected chi connectivity index (χ0v) is 18.8. The molecular weight excluding hydrogens is 432 g/mol. The molecule has 2 aromatic carbocycles. The van der Waals surface area contributed by atoms with Gasteiger partial charge in [0.2, 0.25) is 0 Å². The maximum Gasteiger partial charge on any atom is 0.125 e. The molecule has 3 unspecified atom stereocenters. The summed E-state index contributed by atoms with van der Waals surface area (Å²) in [6.07, 6.45) is -4.32. The summed E-state index contributed by atoms with van der Waals surface area (Å²) in [6, 6.07) is 14.2. The van der Waals surface area contributed by atoms with Gasteiger partial charge in [-0.2, -0.15) is 0 Å². The van der Waals surface area contributed by atoms with E-state index >= 15 is 0 Å². The van der Waals surface area contributed by atoms with Crippen molar-refractivity contribution >= 4 is 11.8 Å². The Morgan fingerprint density at radius 3 is 2.59 bits per heavy atom. The van der Waals surface area contributed by atoms with Crippen LogP contribution >= 0.6 is 11.8 Å². The van der Waals surface area contributed by atoms with Crippen LogP contribution in [0.3, 0.4) is 0 Å². The largest absolute Gasteiger partial charge is 0.491 e. The molecule has 0 spiro atoms. The molecule has 0 saturated carbocycles. The Labute approximate surface area is 191 Å². The van der Waals surface area contributed by atoms with E-state index in [1.165, 1.54) is 10.5 Å². The molecule has 7 nitrogen and oxygen atoms in total. The van der Waals surface area contributed by atoms with Crippen LogP contribution in [-0.4, -0.2) is 77.0 Å². The monoisotopic (exact) mass is 462 g/mol. The summed E-state index contributed by atoms with van der Waals surface area (Å²) >= 11 is 1.86. The van der Waals surface area contributed by atoms with Crippen LogP contribution in [0, 0.1) is 0 Å². The number of ether oxygens (including phenoxy) is 3. The van der Waals surface area contributed by atoms with Crippen LogP contribution in [0.5, 0.6) is 5.75 Å². The average Bonchev–Trinajstić information content (AvgIpc) is 3.21. The molecular formula is C24H30O7S. The van der Waals surface area contributed by atoms with E-state index in [-0.39, 0.29) is 0 Å². The van der Waals surface area contributed by atoms with Crippen molar-refractivity contribution in [2.45, 2.75) is 53.5 Å². The van der Waals surface area contributed by atoms with Crippen molar-refractivity contribution in [2.75, 3.05) is 26.9 Å². The third-order valence-corrected chi connectivity index (χ3v) is 7.31. The number of benzene rings is 2. The lowest BCUT2D eigenvalue weighted by atomic mass is 9.89. The van der Waals surface area contributed by atoms with E-state index in [4.69, 9.17) is 14.2 Å². The van der Waals surface area contributed by atoms with Gasteiger partial charge < -0.3 is 34.6 Å². The average molecular weight is 463 g/mol. The van der Waals surface area contributed by atoms with Gasteiger partial charge in [0.15, 0.2) is 0 Å². The minimum absolute atomic E-state index is 0.314. The Morgan fingerprint density at radius 2 is 1.84 bits per heavy atom. The van der Waals surface area contributed by atoms with Gasteiger partial charge in [0.25, 0.3) is 0 Å². The van der Waals surface area contributed by atoms with Crippen LogP contribution in [0.4, 0.5) is 0 Å². The summed E-state index contributed by atoms with van der Waals surface area (Å²) < 4.78 is 16.7. The van der Waals surface area contributed by atoms with Gasteiger partial charge in [-0.3, -0.25) is 0 Å². The van der Waals surface area contributed by atoms with E-state index in [2.05, 4.69) is 24.3 Å². The first-order chi connectivity index (χ1) is 15.5. The van der Waals surface area contributed by atoms with Gasteiger partial charge in [0.1, 0.15) is 42.9 Å². The van der Waals surface area contributed by atoms with Crippen molar-refractivity contribution in [3.05, 3.63) is 59.2 Å². The fraction of sp³-hybridized carbons (Fsp3) is 0.500. The first-order valence-electron chi connectivity index (χ1n) is 10.8. The first-order valence-corrected chi connectivity index (χ1v) is 11.7. The normalized spacial score (nSPS) is 29.7. The number of thioether (sulfide) groups is 1. The summed E-state index contributed by atoms with van der Waals surface area (Å²) in [7, 11) is 1.59. The Morgan fingerprint density at radius 1 is 1.03 bits per heavy atom. The van der Waals surface area contributed by atoms with Crippen molar-refractivity contribution in [1.29, 1.82) is 0 Å². The smallest absolute Gasteiger partial charge is 0.125 e. The Balaban J connectivity index is 1.58. The van der Waals surface area contributed by atoms with Gasteiger partial charge in [-0.1, -0.05) is 24.3 Å². The van der Waals surface area contributed by atoms with Crippen LogP contribution in [0.1, 0.15) is 22.8 Å². The van der Waals surface area contributed by atoms with Crippen molar-refractivity contribution in [3.8, 4) is 5.75 Å². The summed E-state index contributed by atoms with van der Waals surface area (Å²) in [6.45, 7) is 0.235. The van der Waals surface area contributed by atoms with E-state index in [9.17, 15) is 20.4 Å². The summed E-state index contributed by atoms with van der Waals surface area (Å²) in [5.41, 5.74) is 2.99.